The molecular formula is C26H34Cl2N2O4. The molecule has 0 spiro atoms. The van der Waals surface area contributed by atoms with Crippen LogP contribution in [0.25, 0.3) is 0 Å². The minimum absolute atomic E-state index is 0.0291. The zero-order valence-electron chi connectivity index (χ0n) is 20.3. The van der Waals surface area contributed by atoms with Crippen LogP contribution in [0.3, 0.4) is 0 Å². The van der Waals surface area contributed by atoms with E-state index in [1.54, 1.807) is 24.1 Å². The van der Waals surface area contributed by atoms with Gasteiger partial charge in [0.1, 0.15) is 17.5 Å². The van der Waals surface area contributed by atoms with Crippen LogP contribution in [0.1, 0.15) is 52.0 Å². The van der Waals surface area contributed by atoms with Crippen molar-refractivity contribution in [2.24, 2.45) is 0 Å². The van der Waals surface area contributed by atoms with Gasteiger partial charge in [-0.3, -0.25) is 9.59 Å². The third kappa shape index (κ3) is 8.41. The molecule has 1 N–H and O–H groups in total. The zero-order valence-corrected chi connectivity index (χ0v) is 21.8. The molecule has 0 radical (unpaired) electrons. The number of carbonyl (C=O) groups excluding carboxylic acids is 2. The Bertz CT molecular complexity index is 937. The lowest BCUT2D eigenvalue weighted by Crippen LogP contribution is -2.50. The number of ether oxygens (including phenoxy) is 2. The van der Waals surface area contributed by atoms with Gasteiger partial charge in [0.25, 0.3) is 0 Å². The molecule has 2 aromatic rings. The predicted octanol–water partition coefficient (Wildman–Crippen LogP) is 5.88. The average molecular weight is 509 g/mol. The van der Waals surface area contributed by atoms with E-state index in [2.05, 4.69) is 5.32 Å². The summed E-state index contributed by atoms with van der Waals surface area (Å²) in [5, 5.41) is 3.86. The summed E-state index contributed by atoms with van der Waals surface area (Å²) >= 11 is 12.2. The summed E-state index contributed by atoms with van der Waals surface area (Å²) in [4.78, 5) is 27.9. The number of methoxy groups -OCH3 is 1. The van der Waals surface area contributed by atoms with E-state index in [1.165, 1.54) is 0 Å². The van der Waals surface area contributed by atoms with Crippen molar-refractivity contribution in [3.8, 4) is 11.5 Å². The highest BCUT2D eigenvalue weighted by atomic mass is 35.5. The highest BCUT2D eigenvalue weighted by Gasteiger charge is 2.29. The topological polar surface area (TPSA) is 67.9 Å². The van der Waals surface area contributed by atoms with Crippen molar-refractivity contribution < 1.29 is 19.1 Å². The maximum absolute atomic E-state index is 13.3. The van der Waals surface area contributed by atoms with Gasteiger partial charge in [-0.05, 0) is 68.1 Å². The molecule has 2 rings (SSSR count). The maximum Gasteiger partial charge on any atom is 0.243 e. The number of hydrogen-bond acceptors (Lipinski definition) is 4. The fourth-order valence-electron chi connectivity index (χ4n) is 3.42. The molecule has 2 amide bonds. The number of nitrogens with one attached hydrogen (secondary N) is 1. The van der Waals surface area contributed by atoms with Crippen molar-refractivity contribution in [1.29, 1.82) is 0 Å². The molecule has 0 saturated heterocycles. The van der Waals surface area contributed by atoms with Gasteiger partial charge in [-0.1, -0.05) is 43.1 Å². The van der Waals surface area contributed by atoms with Crippen LogP contribution in [-0.4, -0.2) is 42.5 Å². The Labute approximate surface area is 212 Å². The van der Waals surface area contributed by atoms with Crippen LogP contribution < -0.4 is 14.8 Å². The van der Waals surface area contributed by atoms with Crippen LogP contribution in [-0.2, 0) is 16.1 Å². The highest BCUT2D eigenvalue weighted by molar-refractivity contribution is 6.42. The molecule has 2 aromatic carbocycles. The molecule has 6 nitrogen and oxygen atoms in total. The highest BCUT2D eigenvalue weighted by Crippen LogP contribution is 2.24. The second-order valence-electron chi connectivity index (χ2n) is 8.14. The second-order valence-corrected chi connectivity index (χ2v) is 8.95. The molecule has 0 bridgehead atoms. The number of benzene rings is 2. The lowest BCUT2D eigenvalue weighted by molar-refractivity contribution is -0.141. The van der Waals surface area contributed by atoms with E-state index >= 15 is 0 Å². The summed E-state index contributed by atoms with van der Waals surface area (Å²) in [7, 11) is 1.61. The van der Waals surface area contributed by atoms with Crippen LogP contribution >= 0.6 is 23.2 Å². The summed E-state index contributed by atoms with van der Waals surface area (Å²) in [5.41, 5.74) is 0.812. The van der Waals surface area contributed by atoms with E-state index < -0.39 is 6.04 Å². The van der Waals surface area contributed by atoms with E-state index in [4.69, 9.17) is 32.7 Å². The Hall–Kier alpha value is -2.44. The number of halogens is 2. The molecule has 2 atom stereocenters. The van der Waals surface area contributed by atoms with Crippen LogP contribution in [0.5, 0.6) is 11.5 Å². The summed E-state index contributed by atoms with van der Waals surface area (Å²) in [6, 6.07) is 12.0. The summed E-state index contributed by atoms with van der Waals surface area (Å²) in [6.45, 7) is 6.51. The van der Waals surface area contributed by atoms with Crippen molar-refractivity contribution in [3.05, 3.63) is 58.1 Å². The van der Waals surface area contributed by atoms with Crippen molar-refractivity contribution in [1.82, 2.24) is 10.2 Å². The first-order valence-electron chi connectivity index (χ1n) is 11.6. The largest absolute Gasteiger partial charge is 0.497 e. The molecule has 8 heteroatoms. The number of rotatable bonds is 13. The Morgan fingerprint density at radius 2 is 1.68 bits per heavy atom. The number of nitrogens with zero attached hydrogens (tertiary/aromatic N) is 1. The van der Waals surface area contributed by atoms with Gasteiger partial charge in [0, 0.05) is 19.0 Å². The fourth-order valence-corrected chi connectivity index (χ4v) is 3.74. The first-order chi connectivity index (χ1) is 16.3. The Balaban J connectivity index is 2.08. The minimum Gasteiger partial charge on any atom is -0.497 e. The van der Waals surface area contributed by atoms with Crippen molar-refractivity contribution in [3.63, 3.8) is 0 Å². The summed E-state index contributed by atoms with van der Waals surface area (Å²) in [5.74, 6) is 1.19. The van der Waals surface area contributed by atoms with Crippen LogP contribution in [0.4, 0.5) is 0 Å². The molecule has 0 aliphatic rings. The first kappa shape index (κ1) is 27.8. The quantitative estimate of drug-likeness (QED) is 0.343. The smallest absolute Gasteiger partial charge is 0.243 e. The van der Waals surface area contributed by atoms with Gasteiger partial charge in [-0.2, -0.15) is 0 Å². The Morgan fingerprint density at radius 3 is 2.26 bits per heavy atom. The monoisotopic (exact) mass is 508 g/mol. The Kier molecular flexibility index (Phi) is 11.5. The van der Waals surface area contributed by atoms with Crippen LogP contribution in [0, 0.1) is 0 Å². The molecular weight excluding hydrogens is 475 g/mol. The predicted molar refractivity (Wildman–Crippen MR) is 137 cm³/mol. The molecule has 0 aliphatic carbocycles. The van der Waals surface area contributed by atoms with E-state index in [1.807, 2.05) is 51.1 Å². The van der Waals surface area contributed by atoms with Gasteiger partial charge in [-0.25, -0.2) is 0 Å². The van der Waals surface area contributed by atoms with Gasteiger partial charge in [0.05, 0.1) is 23.8 Å². The van der Waals surface area contributed by atoms with Crippen molar-refractivity contribution in [2.75, 3.05) is 13.7 Å². The summed E-state index contributed by atoms with van der Waals surface area (Å²) < 4.78 is 10.9. The van der Waals surface area contributed by atoms with Gasteiger partial charge < -0.3 is 19.7 Å². The molecule has 0 saturated carbocycles. The van der Waals surface area contributed by atoms with E-state index in [9.17, 15) is 9.59 Å². The molecule has 186 valence electrons. The van der Waals surface area contributed by atoms with Crippen molar-refractivity contribution in [2.45, 2.75) is 65.1 Å². The normalized spacial score (nSPS) is 12.5. The molecule has 34 heavy (non-hydrogen) atoms. The van der Waals surface area contributed by atoms with E-state index in [-0.39, 0.29) is 30.8 Å². The molecule has 0 aliphatic heterocycles. The zero-order chi connectivity index (χ0) is 25.1. The van der Waals surface area contributed by atoms with Gasteiger partial charge in [0.15, 0.2) is 0 Å². The first-order valence-corrected chi connectivity index (χ1v) is 12.3. The molecule has 0 heterocycles. The Morgan fingerprint density at radius 1 is 1.00 bits per heavy atom. The molecule has 0 fully saturated rings. The average Bonchev–Trinajstić information content (AvgIpc) is 2.84. The van der Waals surface area contributed by atoms with Crippen LogP contribution in [0.2, 0.25) is 10.0 Å². The lowest BCUT2D eigenvalue weighted by Gasteiger charge is -2.31. The third-order valence-electron chi connectivity index (χ3n) is 5.59. The third-order valence-corrected chi connectivity index (χ3v) is 6.33. The molecule has 0 aromatic heterocycles. The van der Waals surface area contributed by atoms with Crippen molar-refractivity contribution >= 4 is 35.0 Å². The number of carbonyl (C=O) groups is 2. The van der Waals surface area contributed by atoms with Crippen LogP contribution in [0.15, 0.2) is 42.5 Å². The standard InChI is InChI=1S/C26H34Cl2N2O4/c1-5-18(3)29-26(32)24(6-2)30(17-19-9-14-22(27)23(28)16-19)25(31)8-7-15-34-21-12-10-20(33-4)11-13-21/h9-14,16,18,24H,5-8,15,17H2,1-4H3,(H,29,32)/t18-,24-/m1/s1. The lowest BCUT2D eigenvalue weighted by atomic mass is 10.1. The minimum atomic E-state index is -0.585. The SMILES string of the molecule is CC[C@@H](C)NC(=O)[C@@H](CC)N(Cc1ccc(Cl)c(Cl)c1)C(=O)CCCOc1ccc(OC)cc1. The second kappa shape index (κ2) is 14.1. The van der Waals surface area contributed by atoms with E-state index in [0.717, 1.165) is 17.7 Å². The van der Waals surface area contributed by atoms with Gasteiger partial charge in [0.2, 0.25) is 11.8 Å². The maximum atomic E-state index is 13.3. The molecule has 0 unspecified atom stereocenters. The summed E-state index contributed by atoms with van der Waals surface area (Å²) in [6.07, 6.45) is 2.08. The number of hydrogen-bond donors (Lipinski definition) is 1. The number of amides is 2. The van der Waals surface area contributed by atoms with Gasteiger partial charge >= 0.3 is 0 Å². The fraction of sp³-hybridized carbons (Fsp3) is 0.462. The van der Waals surface area contributed by atoms with E-state index in [0.29, 0.717) is 35.2 Å². The van der Waals surface area contributed by atoms with Gasteiger partial charge in [-0.15, -0.1) is 0 Å².